The highest BCUT2D eigenvalue weighted by molar-refractivity contribution is 5.97. The van der Waals surface area contributed by atoms with Gasteiger partial charge in [-0.2, -0.15) is 0 Å². The number of carbonyl (C=O) groups excluding carboxylic acids is 1. The van der Waals surface area contributed by atoms with Gasteiger partial charge in [-0.05, 0) is 56.1 Å². The molecule has 1 amide bonds. The summed E-state index contributed by atoms with van der Waals surface area (Å²) < 4.78 is 10.6. The Morgan fingerprint density at radius 3 is 2.37 bits per heavy atom. The van der Waals surface area contributed by atoms with Crippen molar-refractivity contribution >= 4 is 5.91 Å². The molecule has 1 unspecified atom stereocenters. The molecule has 1 aliphatic heterocycles. The maximum Gasteiger partial charge on any atom is 0.255 e. The molecular formula is C22H32N2O3. The molecule has 5 nitrogen and oxygen atoms in total. The van der Waals surface area contributed by atoms with E-state index in [1.165, 1.54) is 38.5 Å². The highest BCUT2D eigenvalue weighted by atomic mass is 16.5. The number of hydrogen-bond donors (Lipinski definition) is 1. The van der Waals surface area contributed by atoms with Crippen LogP contribution < -0.4 is 14.8 Å². The van der Waals surface area contributed by atoms with E-state index in [4.69, 9.17) is 9.47 Å². The van der Waals surface area contributed by atoms with E-state index in [-0.39, 0.29) is 11.9 Å². The van der Waals surface area contributed by atoms with Gasteiger partial charge < -0.3 is 14.8 Å². The minimum absolute atomic E-state index is 0.0507. The van der Waals surface area contributed by atoms with Gasteiger partial charge in [0.25, 0.3) is 5.91 Å². The molecule has 1 N–H and O–H groups in total. The third-order valence-corrected chi connectivity index (χ3v) is 6.90. The van der Waals surface area contributed by atoms with Gasteiger partial charge in [0, 0.05) is 31.2 Å². The predicted molar refractivity (Wildman–Crippen MR) is 105 cm³/mol. The number of fused-ring (bicyclic) bond motifs is 2. The maximum atomic E-state index is 12.8. The zero-order valence-electron chi connectivity index (χ0n) is 16.6. The van der Waals surface area contributed by atoms with E-state index >= 15 is 0 Å². The number of amides is 1. The minimum Gasteiger partial charge on any atom is -0.497 e. The number of ether oxygens (including phenoxy) is 2. The summed E-state index contributed by atoms with van der Waals surface area (Å²) in [5, 5.41) is 3.24. The van der Waals surface area contributed by atoms with Crippen LogP contribution in [-0.2, 0) is 0 Å². The zero-order valence-corrected chi connectivity index (χ0v) is 16.6. The van der Waals surface area contributed by atoms with Crippen LogP contribution in [-0.4, -0.2) is 50.2 Å². The van der Waals surface area contributed by atoms with Crippen LogP contribution in [0.15, 0.2) is 18.2 Å². The van der Waals surface area contributed by atoms with Gasteiger partial charge in [0.1, 0.15) is 11.5 Å². The molecule has 5 heteroatoms. The molecule has 4 rings (SSSR count). The molecule has 1 aromatic rings. The molecule has 2 aliphatic carbocycles. The summed E-state index contributed by atoms with van der Waals surface area (Å²) in [5.41, 5.74) is 0.575. The molecular weight excluding hydrogens is 340 g/mol. The van der Waals surface area contributed by atoms with Crippen molar-refractivity contribution in [3.05, 3.63) is 23.8 Å². The van der Waals surface area contributed by atoms with Crippen molar-refractivity contribution in [2.24, 2.45) is 11.8 Å². The van der Waals surface area contributed by atoms with Gasteiger partial charge in [-0.25, -0.2) is 0 Å². The Balaban J connectivity index is 1.39. The van der Waals surface area contributed by atoms with Crippen molar-refractivity contribution in [1.29, 1.82) is 0 Å². The van der Waals surface area contributed by atoms with Gasteiger partial charge in [0.05, 0.1) is 19.8 Å². The lowest BCUT2D eigenvalue weighted by atomic mass is 9.68. The Morgan fingerprint density at radius 2 is 1.74 bits per heavy atom. The lowest BCUT2D eigenvalue weighted by molar-refractivity contribution is 0.0346. The van der Waals surface area contributed by atoms with Crippen molar-refractivity contribution in [1.82, 2.24) is 10.2 Å². The first kappa shape index (κ1) is 18.6. The van der Waals surface area contributed by atoms with E-state index < -0.39 is 0 Å². The smallest absolute Gasteiger partial charge is 0.255 e. The van der Waals surface area contributed by atoms with E-state index in [0.29, 0.717) is 17.1 Å². The number of carbonyl (C=O) groups is 1. The number of methoxy groups -OCH3 is 2. The number of rotatable bonds is 5. The van der Waals surface area contributed by atoms with Gasteiger partial charge in [0.2, 0.25) is 0 Å². The first-order chi connectivity index (χ1) is 13.2. The molecule has 0 radical (unpaired) electrons. The Kier molecular flexibility index (Phi) is 5.58. The molecule has 2 bridgehead atoms. The molecule has 1 saturated heterocycles. The largest absolute Gasteiger partial charge is 0.497 e. The minimum atomic E-state index is -0.0507. The van der Waals surface area contributed by atoms with Crippen LogP contribution in [0.2, 0.25) is 0 Å². The van der Waals surface area contributed by atoms with Crippen LogP contribution in [0.3, 0.4) is 0 Å². The second-order valence-corrected chi connectivity index (χ2v) is 8.39. The monoisotopic (exact) mass is 372 g/mol. The van der Waals surface area contributed by atoms with Crippen molar-refractivity contribution < 1.29 is 14.3 Å². The van der Waals surface area contributed by atoms with Crippen LogP contribution >= 0.6 is 0 Å². The van der Waals surface area contributed by atoms with E-state index in [2.05, 4.69) is 10.2 Å². The second kappa shape index (κ2) is 8.09. The molecule has 148 valence electrons. The summed E-state index contributed by atoms with van der Waals surface area (Å²) in [7, 11) is 3.20. The van der Waals surface area contributed by atoms with Crippen molar-refractivity contribution in [3.8, 4) is 11.5 Å². The summed E-state index contributed by atoms with van der Waals surface area (Å²) in [6.07, 6.45) is 9.47. The van der Waals surface area contributed by atoms with Crippen LogP contribution in [0.25, 0.3) is 0 Å². The van der Waals surface area contributed by atoms with Gasteiger partial charge in [-0.1, -0.05) is 12.8 Å². The fourth-order valence-corrected chi connectivity index (χ4v) is 5.66. The Morgan fingerprint density at radius 1 is 1.04 bits per heavy atom. The quantitative estimate of drug-likeness (QED) is 0.860. The van der Waals surface area contributed by atoms with Gasteiger partial charge in [0.15, 0.2) is 0 Å². The number of nitrogens with zero attached hydrogens (tertiary/aromatic N) is 1. The number of likely N-dealkylation sites (tertiary alicyclic amines) is 1. The van der Waals surface area contributed by atoms with Crippen LogP contribution in [0.4, 0.5) is 0 Å². The third-order valence-electron chi connectivity index (χ3n) is 6.90. The fourth-order valence-electron chi connectivity index (χ4n) is 5.66. The zero-order chi connectivity index (χ0) is 18.8. The standard InChI is InChI=1S/C22H32N2O3/c1-26-18-9-10-19(20(13-18)27-2)22(25)23-17-11-12-24(14-17)21-15-5-3-6-16(21)8-4-7-15/h9-10,13,15-17,21H,3-8,11-12,14H2,1-2H3,(H,23,25). The van der Waals surface area contributed by atoms with Crippen molar-refractivity contribution in [2.45, 2.75) is 57.0 Å². The summed E-state index contributed by atoms with van der Waals surface area (Å²) in [4.78, 5) is 15.5. The molecule has 1 atom stereocenters. The highest BCUT2D eigenvalue weighted by Crippen LogP contribution is 2.43. The highest BCUT2D eigenvalue weighted by Gasteiger charge is 2.42. The summed E-state index contributed by atoms with van der Waals surface area (Å²) in [6.45, 7) is 2.10. The van der Waals surface area contributed by atoms with Gasteiger partial charge in [-0.15, -0.1) is 0 Å². The molecule has 0 aromatic heterocycles. The fraction of sp³-hybridized carbons (Fsp3) is 0.682. The summed E-state index contributed by atoms with van der Waals surface area (Å²) >= 11 is 0. The first-order valence-electron chi connectivity index (χ1n) is 10.5. The summed E-state index contributed by atoms with van der Waals surface area (Å²) in [6, 6.07) is 6.34. The van der Waals surface area contributed by atoms with Crippen LogP contribution in [0, 0.1) is 11.8 Å². The lowest BCUT2D eigenvalue weighted by Gasteiger charge is -2.47. The number of hydrogen-bond acceptors (Lipinski definition) is 4. The Hall–Kier alpha value is -1.75. The lowest BCUT2D eigenvalue weighted by Crippen LogP contribution is -2.50. The summed E-state index contributed by atoms with van der Waals surface area (Å²) in [5.74, 6) is 2.97. The van der Waals surface area contributed by atoms with Crippen LogP contribution in [0.1, 0.15) is 55.3 Å². The normalized spacial score (nSPS) is 30.7. The third kappa shape index (κ3) is 3.79. The van der Waals surface area contributed by atoms with E-state index in [9.17, 15) is 4.79 Å². The maximum absolute atomic E-state index is 12.8. The molecule has 27 heavy (non-hydrogen) atoms. The van der Waals surface area contributed by atoms with Crippen LogP contribution in [0.5, 0.6) is 11.5 Å². The topological polar surface area (TPSA) is 50.8 Å². The van der Waals surface area contributed by atoms with Crippen molar-refractivity contribution in [3.63, 3.8) is 0 Å². The molecule has 3 aliphatic rings. The number of nitrogens with one attached hydrogen (secondary N) is 1. The number of benzene rings is 1. The molecule has 0 spiro atoms. The van der Waals surface area contributed by atoms with Gasteiger partial charge in [-0.3, -0.25) is 9.69 Å². The van der Waals surface area contributed by atoms with E-state index in [1.54, 1.807) is 26.4 Å². The predicted octanol–water partition coefficient (Wildman–Crippen LogP) is 3.48. The molecule has 2 saturated carbocycles. The first-order valence-corrected chi connectivity index (χ1v) is 10.5. The van der Waals surface area contributed by atoms with E-state index in [0.717, 1.165) is 37.4 Å². The van der Waals surface area contributed by atoms with Crippen molar-refractivity contribution in [2.75, 3.05) is 27.3 Å². The average molecular weight is 373 g/mol. The average Bonchev–Trinajstić information content (AvgIpc) is 3.14. The Labute approximate surface area is 162 Å². The van der Waals surface area contributed by atoms with E-state index in [1.807, 2.05) is 6.07 Å². The molecule has 1 heterocycles. The second-order valence-electron chi connectivity index (χ2n) is 8.39. The Bertz CT molecular complexity index is 656. The van der Waals surface area contributed by atoms with Gasteiger partial charge >= 0.3 is 0 Å². The molecule has 3 fully saturated rings. The SMILES string of the molecule is COc1ccc(C(=O)NC2CCN(C3C4CCCC3CCC4)C2)c(OC)c1. The molecule has 1 aromatic carbocycles.